The SMILES string of the molecule is COc1ccc(CNC(=O)Cc2ccc3c(c2)CCO3)cc1OC. The van der Waals surface area contributed by atoms with Gasteiger partial charge in [0.15, 0.2) is 11.5 Å². The minimum absolute atomic E-state index is 0.0105. The Bertz CT molecular complexity index is 742. The van der Waals surface area contributed by atoms with Gasteiger partial charge in [0, 0.05) is 13.0 Å². The molecule has 1 amide bonds. The molecule has 3 rings (SSSR count). The summed E-state index contributed by atoms with van der Waals surface area (Å²) < 4.78 is 16.0. The van der Waals surface area contributed by atoms with Crippen LogP contribution in [0.4, 0.5) is 0 Å². The van der Waals surface area contributed by atoms with Crippen molar-refractivity contribution < 1.29 is 19.0 Å². The largest absolute Gasteiger partial charge is 0.493 e. The van der Waals surface area contributed by atoms with E-state index < -0.39 is 0 Å². The summed E-state index contributed by atoms with van der Waals surface area (Å²) in [7, 11) is 3.19. The number of benzene rings is 2. The lowest BCUT2D eigenvalue weighted by Gasteiger charge is -2.10. The lowest BCUT2D eigenvalue weighted by molar-refractivity contribution is -0.120. The summed E-state index contributed by atoms with van der Waals surface area (Å²) in [6, 6.07) is 11.6. The van der Waals surface area contributed by atoms with Crippen LogP contribution in [0.1, 0.15) is 16.7 Å². The third kappa shape index (κ3) is 3.62. The Morgan fingerprint density at radius 1 is 1.08 bits per heavy atom. The number of ether oxygens (including phenoxy) is 3. The number of carbonyl (C=O) groups excluding carboxylic acids is 1. The number of hydrogen-bond acceptors (Lipinski definition) is 4. The molecular formula is C19H21NO4. The van der Waals surface area contributed by atoms with Crippen LogP contribution in [0.25, 0.3) is 0 Å². The van der Waals surface area contributed by atoms with Gasteiger partial charge in [0.25, 0.3) is 0 Å². The third-order valence-corrected chi connectivity index (χ3v) is 4.06. The van der Waals surface area contributed by atoms with Gasteiger partial charge in [-0.05, 0) is 34.9 Å². The zero-order valence-corrected chi connectivity index (χ0v) is 13.9. The summed E-state index contributed by atoms with van der Waals surface area (Å²) in [5, 5.41) is 2.94. The molecule has 0 saturated carbocycles. The molecule has 1 N–H and O–H groups in total. The van der Waals surface area contributed by atoms with Crippen LogP contribution in [0, 0.1) is 0 Å². The highest BCUT2D eigenvalue weighted by Gasteiger charge is 2.13. The standard InChI is InChI=1S/C19H21NO4/c1-22-17-6-4-14(10-18(17)23-2)12-20-19(21)11-13-3-5-16-15(9-13)7-8-24-16/h3-6,9-10H,7-8,11-12H2,1-2H3,(H,20,21). The Balaban J connectivity index is 1.57. The fraction of sp³-hybridized carbons (Fsp3) is 0.316. The van der Waals surface area contributed by atoms with Crippen LogP contribution in [-0.4, -0.2) is 26.7 Å². The van der Waals surface area contributed by atoms with Gasteiger partial charge < -0.3 is 19.5 Å². The number of nitrogens with one attached hydrogen (secondary N) is 1. The molecule has 0 bridgehead atoms. The minimum Gasteiger partial charge on any atom is -0.493 e. The lowest BCUT2D eigenvalue weighted by atomic mass is 10.1. The van der Waals surface area contributed by atoms with Crippen molar-refractivity contribution in [1.82, 2.24) is 5.32 Å². The van der Waals surface area contributed by atoms with E-state index in [0.29, 0.717) is 24.5 Å². The molecule has 2 aromatic carbocycles. The first kappa shape index (κ1) is 16.2. The van der Waals surface area contributed by atoms with Gasteiger partial charge in [-0.2, -0.15) is 0 Å². The number of carbonyl (C=O) groups is 1. The second-order valence-corrected chi connectivity index (χ2v) is 5.68. The molecule has 126 valence electrons. The molecule has 0 radical (unpaired) electrons. The van der Waals surface area contributed by atoms with E-state index in [1.807, 2.05) is 30.3 Å². The van der Waals surface area contributed by atoms with Gasteiger partial charge in [-0.3, -0.25) is 4.79 Å². The number of rotatable bonds is 6. The van der Waals surface area contributed by atoms with E-state index in [9.17, 15) is 4.79 Å². The molecule has 1 heterocycles. The summed E-state index contributed by atoms with van der Waals surface area (Å²) in [5.41, 5.74) is 3.15. The predicted octanol–water partition coefficient (Wildman–Crippen LogP) is 2.50. The van der Waals surface area contributed by atoms with Crippen molar-refractivity contribution in [1.29, 1.82) is 0 Å². The smallest absolute Gasteiger partial charge is 0.224 e. The second kappa shape index (κ2) is 7.25. The molecule has 1 aliphatic rings. The first-order valence-electron chi connectivity index (χ1n) is 7.92. The van der Waals surface area contributed by atoms with Gasteiger partial charge in [0.1, 0.15) is 5.75 Å². The molecule has 5 nitrogen and oxygen atoms in total. The van der Waals surface area contributed by atoms with Crippen LogP contribution in [0.15, 0.2) is 36.4 Å². The predicted molar refractivity (Wildman–Crippen MR) is 90.7 cm³/mol. The molecule has 0 atom stereocenters. The van der Waals surface area contributed by atoms with Crippen LogP contribution in [0.3, 0.4) is 0 Å². The van der Waals surface area contributed by atoms with Gasteiger partial charge in [-0.1, -0.05) is 18.2 Å². The molecule has 0 unspecified atom stereocenters. The molecule has 0 fully saturated rings. The van der Waals surface area contributed by atoms with Crippen molar-refractivity contribution in [2.24, 2.45) is 0 Å². The van der Waals surface area contributed by atoms with Gasteiger partial charge in [-0.15, -0.1) is 0 Å². The van der Waals surface area contributed by atoms with Crippen molar-refractivity contribution in [3.63, 3.8) is 0 Å². The Morgan fingerprint density at radius 2 is 1.88 bits per heavy atom. The number of fused-ring (bicyclic) bond motifs is 1. The van der Waals surface area contributed by atoms with Crippen LogP contribution in [0.5, 0.6) is 17.2 Å². The van der Waals surface area contributed by atoms with Crippen molar-refractivity contribution in [2.45, 2.75) is 19.4 Å². The maximum atomic E-state index is 12.2. The highest BCUT2D eigenvalue weighted by atomic mass is 16.5. The summed E-state index contributed by atoms with van der Waals surface area (Å²) in [6.45, 7) is 1.18. The molecule has 5 heteroatoms. The highest BCUT2D eigenvalue weighted by molar-refractivity contribution is 5.78. The number of methoxy groups -OCH3 is 2. The van der Waals surface area contributed by atoms with Crippen LogP contribution < -0.4 is 19.5 Å². The Labute approximate surface area is 141 Å². The molecule has 0 spiro atoms. The zero-order chi connectivity index (χ0) is 16.9. The molecule has 24 heavy (non-hydrogen) atoms. The fourth-order valence-corrected chi connectivity index (χ4v) is 2.79. The summed E-state index contributed by atoms with van der Waals surface area (Å²) >= 11 is 0. The maximum Gasteiger partial charge on any atom is 0.224 e. The Hall–Kier alpha value is -2.69. The average Bonchev–Trinajstić information content (AvgIpc) is 3.07. The second-order valence-electron chi connectivity index (χ2n) is 5.68. The highest BCUT2D eigenvalue weighted by Crippen LogP contribution is 2.28. The zero-order valence-electron chi connectivity index (χ0n) is 13.9. The van der Waals surface area contributed by atoms with E-state index in [-0.39, 0.29) is 5.91 Å². The van der Waals surface area contributed by atoms with Crippen molar-refractivity contribution in [3.05, 3.63) is 53.1 Å². The van der Waals surface area contributed by atoms with Crippen molar-refractivity contribution >= 4 is 5.91 Å². The number of hydrogen-bond donors (Lipinski definition) is 1. The lowest BCUT2D eigenvalue weighted by Crippen LogP contribution is -2.24. The summed E-state index contributed by atoms with van der Waals surface area (Å²) in [6.07, 6.45) is 1.27. The quantitative estimate of drug-likeness (QED) is 0.886. The summed E-state index contributed by atoms with van der Waals surface area (Å²) in [5.74, 6) is 2.25. The van der Waals surface area contributed by atoms with Gasteiger partial charge in [0.05, 0.1) is 27.2 Å². The van der Waals surface area contributed by atoms with Gasteiger partial charge in [-0.25, -0.2) is 0 Å². The van der Waals surface area contributed by atoms with E-state index in [0.717, 1.165) is 29.9 Å². The molecular weight excluding hydrogens is 306 g/mol. The van der Waals surface area contributed by atoms with E-state index in [4.69, 9.17) is 14.2 Å². The fourth-order valence-electron chi connectivity index (χ4n) is 2.79. The van der Waals surface area contributed by atoms with Crippen LogP contribution in [-0.2, 0) is 24.2 Å². The molecule has 0 aromatic heterocycles. The molecule has 0 saturated heterocycles. The maximum absolute atomic E-state index is 12.2. The average molecular weight is 327 g/mol. The molecule has 2 aromatic rings. The minimum atomic E-state index is -0.0105. The Kier molecular flexibility index (Phi) is 4.89. The topological polar surface area (TPSA) is 56.8 Å². The monoisotopic (exact) mass is 327 g/mol. The van der Waals surface area contributed by atoms with E-state index in [1.54, 1.807) is 14.2 Å². The molecule has 0 aliphatic carbocycles. The van der Waals surface area contributed by atoms with Crippen LogP contribution in [0.2, 0.25) is 0 Å². The van der Waals surface area contributed by atoms with E-state index >= 15 is 0 Å². The first-order valence-corrected chi connectivity index (χ1v) is 7.92. The first-order chi connectivity index (χ1) is 11.7. The van der Waals surface area contributed by atoms with Gasteiger partial charge in [0.2, 0.25) is 5.91 Å². The summed E-state index contributed by atoms with van der Waals surface area (Å²) in [4.78, 5) is 12.2. The normalized spacial score (nSPS) is 12.2. The van der Waals surface area contributed by atoms with Gasteiger partial charge >= 0.3 is 0 Å². The van der Waals surface area contributed by atoms with Crippen molar-refractivity contribution in [3.8, 4) is 17.2 Å². The molecule has 1 aliphatic heterocycles. The third-order valence-electron chi connectivity index (χ3n) is 4.06. The number of amides is 1. The van der Waals surface area contributed by atoms with Crippen molar-refractivity contribution in [2.75, 3.05) is 20.8 Å². The van der Waals surface area contributed by atoms with E-state index in [1.165, 1.54) is 5.56 Å². The van der Waals surface area contributed by atoms with Crippen LogP contribution >= 0.6 is 0 Å². The Morgan fingerprint density at radius 3 is 2.67 bits per heavy atom. The van der Waals surface area contributed by atoms with E-state index in [2.05, 4.69) is 11.4 Å².